The molecule has 19 heavy (non-hydrogen) atoms. The molecule has 0 aliphatic carbocycles. The number of carbonyl (C=O) groups is 2. The Labute approximate surface area is 113 Å². The van der Waals surface area contributed by atoms with E-state index in [1.807, 2.05) is 0 Å². The Morgan fingerprint density at radius 2 is 2.32 bits per heavy atom. The number of amides is 2. The van der Waals surface area contributed by atoms with Crippen molar-refractivity contribution in [3.05, 3.63) is 12.7 Å². The predicted molar refractivity (Wildman–Crippen MR) is 70.9 cm³/mol. The summed E-state index contributed by atoms with van der Waals surface area (Å²) >= 11 is 0. The summed E-state index contributed by atoms with van der Waals surface area (Å²) in [7, 11) is 0. The minimum absolute atomic E-state index is 0.188. The van der Waals surface area contributed by atoms with Gasteiger partial charge in [0.05, 0.1) is 6.10 Å². The molecular formula is C13H22N2O4. The number of ether oxygens (including phenoxy) is 1. The van der Waals surface area contributed by atoms with Gasteiger partial charge in [-0.15, -0.1) is 6.58 Å². The van der Waals surface area contributed by atoms with E-state index in [1.165, 1.54) is 11.0 Å². The molecule has 2 unspecified atom stereocenters. The van der Waals surface area contributed by atoms with Gasteiger partial charge in [-0.25, -0.2) is 4.79 Å². The highest BCUT2D eigenvalue weighted by Crippen LogP contribution is 2.22. The number of carbonyl (C=O) groups excluding carboxylic acids is 1. The topological polar surface area (TPSA) is 78.9 Å². The van der Waals surface area contributed by atoms with E-state index < -0.39 is 5.97 Å². The molecule has 0 aromatic carbocycles. The molecule has 0 aromatic rings. The lowest BCUT2D eigenvalue weighted by atomic mass is 10.00. The van der Waals surface area contributed by atoms with E-state index in [0.29, 0.717) is 12.5 Å². The van der Waals surface area contributed by atoms with Crippen molar-refractivity contribution in [2.45, 2.75) is 25.9 Å². The van der Waals surface area contributed by atoms with Gasteiger partial charge in [-0.1, -0.05) is 13.0 Å². The lowest BCUT2D eigenvalue weighted by molar-refractivity contribution is -0.137. The van der Waals surface area contributed by atoms with E-state index >= 15 is 0 Å². The molecule has 1 heterocycles. The van der Waals surface area contributed by atoms with Crippen molar-refractivity contribution in [2.24, 2.45) is 5.92 Å². The number of urea groups is 1. The summed E-state index contributed by atoms with van der Waals surface area (Å²) in [5.74, 6) is -0.725. The average Bonchev–Trinajstić information content (AvgIpc) is 2.82. The standard InChI is InChI=1S/C13H22N2O4/c1-3-6-15(9-12(16)17)13(18)14-8-10-5-7-19-11(10)4-2/h3,10-11H,1,4-9H2,2H3,(H,14,18)(H,16,17). The number of rotatable bonds is 7. The van der Waals surface area contributed by atoms with Gasteiger partial charge in [0.15, 0.2) is 0 Å². The summed E-state index contributed by atoms with van der Waals surface area (Å²) in [5.41, 5.74) is 0. The van der Waals surface area contributed by atoms with Gasteiger partial charge in [0, 0.05) is 25.6 Å². The monoisotopic (exact) mass is 270 g/mol. The molecule has 1 aliphatic rings. The minimum Gasteiger partial charge on any atom is -0.480 e. The number of aliphatic carboxylic acids is 1. The van der Waals surface area contributed by atoms with Crippen molar-refractivity contribution in [2.75, 3.05) is 26.2 Å². The van der Waals surface area contributed by atoms with E-state index in [9.17, 15) is 9.59 Å². The normalized spacial score (nSPS) is 21.9. The van der Waals surface area contributed by atoms with E-state index in [0.717, 1.165) is 19.4 Å². The molecule has 6 heteroatoms. The van der Waals surface area contributed by atoms with Gasteiger partial charge in [-0.05, 0) is 12.8 Å². The molecule has 6 nitrogen and oxygen atoms in total. The fourth-order valence-corrected chi connectivity index (χ4v) is 2.25. The van der Waals surface area contributed by atoms with E-state index in [4.69, 9.17) is 9.84 Å². The number of carboxylic acid groups (broad SMARTS) is 1. The molecule has 1 aliphatic heterocycles. The average molecular weight is 270 g/mol. The first kappa shape index (κ1) is 15.5. The molecule has 0 radical (unpaired) electrons. The molecular weight excluding hydrogens is 248 g/mol. The second kappa shape index (κ2) is 7.78. The second-order valence-corrected chi connectivity index (χ2v) is 4.62. The van der Waals surface area contributed by atoms with Gasteiger partial charge < -0.3 is 20.1 Å². The number of carboxylic acids is 1. The van der Waals surface area contributed by atoms with Crippen LogP contribution in [0.25, 0.3) is 0 Å². The maximum atomic E-state index is 11.9. The summed E-state index contributed by atoms with van der Waals surface area (Å²) in [4.78, 5) is 23.8. The molecule has 1 fully saturated rings. The minimum atomic E-state index is -1.03. The Kier molecular flexibility index (Phi) is 6.35. The molecule has 2 N–H and O–H groups in total. The van der Waals surface area contributed by atoms with Crippen molar-refractivity contribution in [1.82, 2.24) is 10.2 Å². The summed E-state index contributed by atoms with van der Waals surface area (Å²) in [6.07, 6.45) is 3.55. The number of nitrogens with one attached hydrogen (secondary N) is 1. The van der Waals surface area contributed by atoms with Gasteiger partial charge >= 0.3 is 12.0 Å². The number of hydrogen-bond donors (Lipinski definition) is 2. The number of nitrogens with zero attached hydrogens (tertiary/aromatic N) is 1. The molecule has 0 saturated carbocycles. The molecule has 0 bridgehead atoms. The van der Waals surface area contributed by atoms with Crippen LogP contribution in [0.4, 0.5) is 4.79 Å². The van der Waals surface area contributed by atoms with Crippen molar-refractivity contribution in [3.8, 4) is 0 Å². The van der Waals surface area contributed by atoms with Crippen LogP contribution < -0.4 is 5.32 Å². The Balaban J connectivity index is 2.43. The van der Waals surface area contributed by atoms with Crippen molar-refractivity contribution >= 4 is 12.0 Å². The van der Waals surface area contributed by atoms with Crippen molar-refractivity contribution < 1.29 is 19.4 Å². The van der Waals surface area contributed by atoms with Crippen LogP contribution >= 0.6 is 0 Å². The van der Waals surface area contributed by atoms with Crippen molar-refractivity contribution in [3.63, 3.8) is 0 Å². The maximum absolute atomic E-state index is 11.9. The van der Waals surface area contributed by atoms with Gasteiger partial charge in [-0.3, -0.25) is 4.79 Å². The highest BCUT2D eigenvalue weighted by atomic mass is 16.5. The third kappa shape index (κ3) is 4.90. The van der Waals surface area contributed by atoms with Crippen LogP contribution in [0.3, 0.4) is 0 Å². The molecule has 0 aromatic heterocycles. The first-order valence-electron chi connectivity index (χ1n) is 6.55. The van der Waals surface area contributed by atoms with Crippen LogP contribution in [0.5, 0.6) is 0 Å². The van der Waals surface area contributed by atoms with Crippen LogP contribution in [-0.4, -0.2) is 54.4 Å². The van der Waals surface area contributed by atoms with Crippen LogP contribution in [0.1, 0.15) is 19.8 Å². The fraction of sp³-hybridized carbons (Fsp3) is 0.692. The van der Waals surface area contributed by atoms with Crippen LogP contribution in [0.15, 0.2) is 12.7 Å². The van der Waals surface area contributed by atoms with Gasteiger partial charge in [0.25, 0.3) is 0 Å². The van der Waals surface area contributed by atoms with Gasteiger partial charge in [0.2, 0.25) is 0 Å². The molecule has 108 valence electrons. The van der Waals surface area contributed by atoms with Gasteiger partial charge in [-0.2, -0.15) is 0 Å². The first-order chi connectivity index (χ1) is 9.08. The molecule has 2 atom stereocenters. The largest absolute Gasteiger partial charge is 0.480 e. The van der Waals surface area contributed by atoms with Gasteiger partial charge in [0.1, 0.15) is 6.54 Å². The van der Waals surface area contributed by atoms with E-state index in [1.54, 1.807) is 0 Å². The quantitative estimate of drug-likeness (QED) is 0.679. The third-order valence-electron chi connectivity index (χ3n) is 3.23. The van der Waals surface area contributed by atoms with Crippen LogP contribution in [-0.2, 0) is 9.53 Å². The Bertz CT molecular complexity index is 333. The van der Waals surface area contributed by atoms with E-state index in [-0.39, 0.29) is 25.2 Å². The smallest absolute Gasteiger partial charge is 0.323 e. The Morgan fingerprint density at radius 1 is 1.58 bits per heavy atom. The summed E-state index contributed by atoms with van der Waals surface area (Å²) in [6.45, 7) is 6.71. The predicted octanol–water partition coefficient (Wildman–Crippen LogP) is 1.08. The summed E-state index contributed by atoms with van der Waals surface area (Å²) in [6, 6.07) is -0.371. The fourth-order valence-electron chi connectivity index (χ4n) is 2.25. The molecule has 1 saturated heterocycles. The van der Waals surface area contributed by atoms with E-state index in [2.05, 4.69) is 18.8 Å². The highest BCUT2D eigenvalue weighted by molar-refractivity contribution is 5.80. The zero-order chi connectivity index (χ0) is 14.3. The highest BCUT2D eigenvalue weighted by Gasteiger charge is 2.27. The SMILES string of the molecule is C=CCN(CC(=O)O)C(=O)NCC1CCOC1CC. The van der Waals surface area contributed by atoms with Crippen molar-refractivity contribution in [1.29, 1.82) is 0 Å². The lowest BCUT2D eigenvalue weighted by Gasteiger charge is -2.22. The third-order valence-corrected chi connectivity index (χ3v) is 3.23. The summed E-state index contributed by atoms with van der Waals surface area (Å²) < 4.78 is 5.54. The molecule has 0 spiro atoms. The van der Waals surface area contributed by atoms with Crippen LogP contribution in [0.2, 0.25) is 0 Å². The molecule has 2 amide bonds. The lowest BCUT2D eigenvalue weighted by Crippen LogP contribution is -2.45. The summed E-state index contributed by atoms with van der Waals surface area (Å²) in [5, 5.41) is 11.5. The second-order valence-electron chi connectivity index (χ2n) is 4.62. The molecule has 1 rings (SSSR count). The number of hydrogen-bond acceptors (Lipinski definition) is 3. The maximum Gasteiger partial charge on any atom is 0.323 e. The Morgan fingerprint density at radius 3 is 2.89 bits per heavy atom. The van der Waals surface area contributed by atoms with Crippen LogP contribution in [0, 0.1) is 5.92 Å². The Hall–Kier alpha value is -1.56. The zero-order valence-corrected chi connectivity index (χ0v) is 11.3. The first-order valence-corrected chi connectivity index (χ1v) is 6.55. The zero-order valence-electron chi connectivity index (χ0n) is 11.3.